The van der Waals surface area contributed by atoms with Crippen LogP contribution in [0.1, 0.15) is 28.8 Å². The van der Waals surface area contributed by atoms with Crippen molar-refractivity contribution >= 4 is 11.6 Å². The molecule has 1 heterocycles. The monoisotopic (exact) mass is 262 g/mol. The Balaban J connectivity index is 2.12. The Bertz CT molecular complexity index is 459. The fraction of sp³-hybridized carbons (Fsp3) is 0.533. The van der Waals surface area contributed by atoms with Gasteiger partial charge in [-0.3, -0.25) is 4.79 Å². The van der Waals surface area contributed by atoms with Crippen LogP contribution in [-0.2, 0) is 4.74 Å². The number of carbonyl (C=O) groups is 1. The van der Waals surface area contributed by atoms with Crippen LogP contribution in [0.15, 0.2) is 18.2 Å². The Morgan fingerprint density at radius 2 is 2.26 bits per heavy atom. The Morgan fingerprint density at radius 1 is 1.47 bits per heavy atom. The fourth-order valence-corrected chi connectivity index (χ4v) is 2.57. The van der Waals surface area contributed by atoms with Crippen LogP contribution in [0, 0.1) is 6.92 Å². The van der Waals surface area contributed by atoms with Gasteiger partial charge in [0.15, 0.2) is 0 Å². The Labute approximate surface area is 114 Å². The van der Waals surface area contributed by atoms with E-state index in [-0.39, 0.29) is 12.0 Å². The number of hydrogen-bond donors (Lipinski definition) is 1. The minimum atomic E-state index is 0.104. The Kier molecular flexibility index (Phi) is 4.43. The standard InChI is InChI=1S/C15H22N2O2/c1-11-9-12(6-7-14(11)16-2)15(18)17-8-4-5-13(10-17)19-3/h6-7,9,13,16H,4-5,8,10H2,1-3H3. The van der Waals surface area contributed by atoms with Gasteiger partial charge < -0.3 is 15.0 Å². The van der Waals surface area contributed by atoms with Gasteiger partial charge in [-0.15, -0.1) is 0 Å². The summed E-state index contributed by atoms with van der Waals surface area (Å²) in [5.74, 6) is 0.104. The SMILES string of the molecule is CNc1ccc(C(=O)N2CCCC(OC)C2)cc1C. The number of nitrogens with one attached hydrogen (secondary N) is 1. The molecule has 104 valence electrons. The van der Waals surface area contributed by atoms with Gasteiger partial charge in [-0.2, -0.15) is 0 Å². The molecule has 4 heteroatoms. The molecule has 0 bridgehead atoms. The van der Waals surface area contributed by atoms with Crippen molar-refractivity contribution in [3.63, 3.8) is 0 Å². The maximum Gasteiger partial charge on any atom is 0.253 e. The second kappa shape index (κ2) is 6.06. The first-order chi connectivity index (χ1) is 9.15. The number of likely N-dealkylation sites (tertiary alicyclic amines) is 1. The van der Waals surface area contributed by atoms with Crippen LogP contribution in [0.5, 0.6) is 0 Å². The van der Waals surface area contributed by atoms with Crippen LogP contribution in [0.25, 0.3) is 0 Å². The van der Waals surface area contributed by atoms with Crippen LogP contribution >= 0.6 is 0 Å². The smallest absolute Gasteiger partial charge is 0.253 e. The van der Waals surface area contributed by atoms with Crippen LogP contribution in [0.4, 0.5) is 5.69 Å². The average Bonchev–Trinajstić information content (AvgIpc) is 2.46. The quantitative estimate of drug-likeness (QED) is 0.908. The number of nitrogens with zero attached hydrogens (tertiary/aromatic N) is 1. The number of carbonyl (C=O) groups excluding carboxylic acids is 1. The van der Waals surface area contributed by atoms with Crippen LogP contribution in [-0.4, -0.2) is 44.2 Å². The number of anilines is 1. The number of aryl methyl sites for hydroxylation is 1. The van der Waals surface area contributed by atoms with E-state index in [0.717, 1.165) is 36.2 Å². The number of ether oxygens (including phenoxy) is 1. The number of methoxy groups -OCH3 is 1. The van der Waals surface area contributed by atoms with E-state index in [2.05, 4.69) is 5.32 Å². The van der Waals surface area contributed by atoms with Gasteiger partial charge in [0.2, 0.25) is 0 Å². The van der Waals surface area contributed by atoms with Gasteiger partial charge in [0, 0.05) is 38.5 Å². The van der Waals surface area contributed by atoms with Crippen LogP contribution in [0.2, 0.25) is 0 Å². The lowest BCUT2D eigenvalue weighted by Gasteiger charge is -2.32. The average molecular weight is 262 g/mol. The van der Waals surface area contributed by atoms with Crippen molar-refractivity contribution in [1.29, 1.82) is 0 Å². The summed E-state index contributed by atoms with van der Waals surface area (Å²) in [5.41, 5.74) is 2.91. The predicted octanol–water partition coefficient (Wildman–Crippen LogP) is 2.29. The van der Waals surface area contributed by atoms with Gasteiger partial charge in [-0.1, -0.05) is 0 Å². The van der Waals surface area contributed by atoms with E-state index in [1.54, 1.807) is 7.11 Å². The summed E-state index contributed by atoms with van der Waals surface area (Å²) in [6.45, 7) is 3.53. The molecule has 0 saturated carbocycles. The predicted molar refractivity (Wildman–Crippen MR) is 76.7 cm³/mol. The molecule has 1 aromatic rings. The fourth-order valence-electron chi connectivity index (χ4n) is 2.57. The molecular weight excluding hydrogens is 240 g/mol. The number of piperidine rings is 1. The lowest BCUT2D eigenvalue weighted by Crippen LogP contribution is -2.42. The molecule has 1 amide bonds. The van der Waals surface area contributed by atoms with E-state index in [9.17, 15) is 4.79 Å². The topological polar surface area (TPSA) is 41.6 Å². The molecule has 1 unspecified atom stereocenters. The Morgan fingerprint density at radius 3 is 2.89 bits per heavy atom. The molecule has 1 atom stereocenters. The van der Waals surface area contributed by atoms with Gasteiger partial charge in [0.1, 0.15) is 0 Å². The van der Waals surface area contributed by atoms with E-state index >= 15 is 0 Å². The summed E-state index contributed by atoms with van der Waals surface area (Å²) >= 11 is 0. The summed E-state index contributed by atoms with van der Waals surface area (Å²) in [4.78, 5) is 14.4. The number of hydrogen-bond acceptors (Lipinski definition) is 3. The summed E-state index contributed by atoms with van der Waals surface area (Å²) in [7, 11) is 3.60. The van der Waals surface area contributed by atoms with Crippen molar-refractivity contribution < 1.29 is 9.53 Å². The lowest BCUT2D eigenvalue weighted by molar-refractivity contribution is 0.0269. The van der Waals surface area contributed by atoms with Crippen molar-refractivity contribution in [2.45, 2.75) is 25.9 Å². The molecule has 1 saturated heterocycles. The normalized spacial score (nSPS) is 19.3. The Hall–Kier alpha value is -1.55. The molecule has 0 spiro atoms. The largest absolute Gasteiger partial charge is 0.388 e. The zero-order chi connectivity index (χ0) is 13.8. The molecule has 1 fully saturated rings. The first-order valence-electron chi connectivity index (χ1n) is 6.76. The van der Waals surface area contributed by atoms with Gasteiger partial charge in [0.05, 0.1) is 6.10 Å². The van der Waals surface area contributed by atoms with Crippen LogP contribution < -0.4 is 5.32 Å². The molecule has 0 radical (unpaired) electrons. The number of rotatable bonds is 3. The minimum absolute atomic E-state index is 0.104. The summed E-state index contributed by atoms with van der Waals surface area (Å²) in [6, 6.07) is 5.79. The zero-order valence-electron chi connectivity index (χ0n) is 11.9. The maximum atomic E-state index is 12.5. The molecule has 0 aromatic heterocycles. The van der Waals surface area contributed by atoms with Crippen molar-refractivity contribution in [1.82, 2.24) is 4.90 Å². The van der Waals surface area contributed by atoms with Gasteiger partial charge >= 0.3 is 0 Å². The van der Waals surface area contributed by atoms with E-state index in [0.29, 0.717) is 6.54 Å². The third-order valence-corrected chi connectivity index (χ3v) is 3.74. The van der Waals surface area contributed by atoms with Gasteiger partial charge in [-0.25, -0.2) is 0 Å². The molecule has 4 nitrogen and oxygen atoms in total. The van der Waals surface area contributed by atoms with E-state index in [4.69, 9.17) is 4.74 Å². The van der Waals surface area contributed by atoms with Crippen molar-refractivity contribution in [3.05, 3.63) is 29.3 Å². The lowest BCUT2D eigenvalue weighted by atomic mass is 10.0. The molecule has 1 N–H and O–H groups in total. The molecule has 1 aromatic carbocycles. The third-order valence-electron chi connectivity index (χ3n) is 3.74. The molecule has 1 aliphatic heterocycles. The van der Waals surface area contributed by atoms with Gasteiger partial charge in [-0.05, 0) is 43.5 Å². The number of benzene rings is 1. The highest BCUT2D eigenvalue weighted by Gasteiger charge is 2.24. The first-order valence-corrected chi connectivity index (χ1v) is 6.76. The minimum Gasteiger partial charge on any atom is -0.388 e. The van der Waals surface area contributed by atoms with Crippen molar-refractivity contribution in [2.24, 2.45) is 0 Å². The highest BCUT2D eigenvalue weighted by Crippen LogP contribution is 2.19. The molecule has 19 heavy (non-hydrogen) atoms. The summed E-state index contributed by atoms with van der Waals surface area (Å²) in [6.07, 6.45) is 2.23. The number of amides is 1. The second-order valence-electron chi connectivity index (χ2n) is 5.03. The molecule has 0 aliphatic carbocycles. The molecule has 1 aliphatic rings. The summed E-state index contributed by atoms with van der Waals surface area (Å²) in [5, 5.41) is 3.11. The second-order valence-corrected chi connectivity index (χ2v) is 5.03. The van der Waals surface area contributed by atoms with Crippen LogP contribution in [0.3, 0.4) is 0 Å². The highest BCUT2D eigenvalue weighted by molar-refractivity contribution is 5.95. The maximum absolute atomic E-state index is 12.5. The zero-order valence-corrected chi connectivity index (χ0v) is 11.9. The van der Waals surface area contributed by atoms with E-state index in [1.165, 1.54) is 0 Å². The summed E-state index contributed by atoms with van der Waals surface area (Å²) < 4.78 is 5.36. The highest BCUT2D eigenvalue weighted by atomic mass is 16.5. The molecular formula is C15H22N2O2. The molecule has 2 rings (SSSR count). The first kappa shape index (κ1) is 13.9. The van der Waals surface area contributed by atoms with E-state index in [1.807, 2.05) is 37.1 Å². The third kappa shape index (κ3) is 3.07. The van der Waals surface area contributed by atoms with Gasteiger partial charge in [0.25, 0.3) is 5.91 Å². The van der Waals surface area contributed by atoms with E-state index < -0.39 is 0 Å². The van der Waals surface area contributed by atoms with Crippen molar-refractivity contribution in [3.8, 4) is 0 Å². The van der Waals surface area contributed by atoms with Crippen molar-refractivity contribution in [2.75, 3.05) is 32.6 Å².